The number of nitrogens with zero attached hydrogens (tertiary/aromatic N) is 1. The van der Waals surface area contributed by atoms with Gasteiger partial charge in [0.15, 0.2) is 0 Å². The zero-order valence-electron chi connectivity index (χ0n) is 9.66. The van der Waals surface area contributed by atoms with Crippen molar-refractivity contribution < 1.29 is 9.90 Å². The predicted molar refractivity (Wildman–Crippen MR) is 69.1 cm³/mol. The number of aromatic carboxylic acids is 1. The molecule has 0 spiro atoms. The van der Waals surface area contributed by atoms with Crippen LogP contribution in [0.4, 0.5) is 5.69 Å². The van der Waals surface area contributed by atoms with Gasteiger partial charge in [-0.25, -0.2) is 4.79 Å². The first-order valence-corrected chi connectivity index (χ1v) is 6.34. The minimum atomic E-state index is -0.975. The minimum Gasteiger partial charge on any atom is -0.478 e. The molecule has 1 saturated heterocycles. The monoisotopic (exact) mass is 253 g/mol. The average molecular weight is 254 g/mol. The van der Waals surface area contributed by atoms with E-state index in [1.165, 1.54) is 25.7 Å². The second kappa shape index (κ2) is 5.41. The smallest absolute Gasteiger partial charge is 0.337 e. The van der Waals surface area contributed by atoms with Crippen LogP contribution in [-0.4, -0.2) is 24.2 Å². The molecule has 17 heavy (non-hydrogen) atoms. The van der Waals surface area contributed by atoms with Gasteiger partial charge in [-0.05, 0) is 31.0 Å². The molecule has 1 aromatic carbocycles. The highest BCUT2D eigenvalue weighted by molar-refractivity contribution is 6.33. The summed E-state index contributed by atoms with van der Waals surface area (Å²) in [4.78, 5) is 13.1. The number of halogens is 1. The van der Waals surface area contributed by atoms with E-state index in [1.807, 2.05) is 6.07 Å². The molecule has 1 heterocycles. The maximum atomic E-state index is 10.9. The summed E-state index contributed by atoms with van der Waals surface area (Å²) in [6.07, 6.45) is 4.94. The fourth-order valence-corrected chi connectivity index (χ4v) is 2.46. The number of carbonyl (C=O) groups is 1. The Kier molecular flexibility index (Phi) is 3.89. The molecule has 2 rings (SSSR count). The van der Waals surface area contributed by atoms with Crippen LogP contribution in [0.25, 0.3) is 0 Å². The van der Waals surface area contributed by atoms with Gasteiger partial charge in [-0.15, -0.1) is 0 Å². The molecular formula is C13H16ClNO2. The van der Waals surface area contributed by atoms with Crippen molar-refractivity contribution in [1.29, 1.82) is 0 Å². The summed E-state index contributed by atoms with van der Waals surface area (Å²) in [5, 5.41) is 9.23. The molecule has 0 amide bonds. The van der Waals surface area contributed by atoms with Crippen LogP contribution in [0, 0.1) is 0 Å². The number of benzene rings is 1. The van der Waals surface area contributed by atoms with Gasteiger partial charge in [0.25, 0.3) is 0 Å². The van der Waals surface area contributed by atoms with Gasteiger partial charge < -0.3 is 10.0 Å². The Morgan fingerprint density at radius 2 is 1.82 bits per heavy atom. The lowest BCUT2D eigenvalue weighted by Gasteiger charge is -2.23. The number of carboxylic acids is 1. The summed E-state index contributed by atoms with van der Waals surface area (Å²) < 4.78 is 0. The standard InChI is InChI=1S/C13H16ClNO2/c14-12-9-10(5-6-11(12)13(16)17)15-7-3-1-2-4-8-15/h5-6,9H,1-4,7-8H2,(H,16,17). The highest BCUT2D eigenvalue weighted by atomic mass is 35.5. The molecule has 4 heteroatoms. The van der Waals surface area contributed by atoms with Crippen molar-refractivity contribution in [2.24, 2.45) is 0 Å². The Morgan fingerprint density at radius 3 is 2.35 bits per heavy atom. The highest BCUT2D eigenvalue weighted by Gasteiger charge is 2.13. The zero-order chi connectivity index (χ0) is 12.3. The first kappa shape index (κ1) is 12.2. The van der Waals surface area contributed by atoms with E-state index in [0.29, 0.717) is 5.02 Å². The molecule has 1 fully saturated rings. The van der Waals surface area contributed by atoms with Crippen molar-refractivity contribution in [2.45, 2.75) is 25.7 Å². The van der Waals surface area contributed by atoms with Gasteiger partial charge in [-0.3, -0.25) is 0 Å². The molecule has 0 aromatic heterocycles. The molecule has 1 aromatic rings. The molecule has 0 atom stereocenters. The van der Waals surface area contributed by atoms with E-state index in [-0.39, 0.29) is 5.56 Å². The molecule has 0 saturated carbocycles. The van der Waals surface area contributed by atoms with Gasteiger partial charge in [0.1, 0.15) is 0 Å². The van der Waals surface area contributed by atoms with Crippen molar-refractivity contribution >= 4 is 23.3 Å². The maximum absolute atomic E-state index is 10.9. The van der Waals surface area contributed by atoms with Gasteiger partial charge >= 0.3 is 5.97 Å². The van der Waals surface area contributed by atoms with Crippen LogP contribution in [0.15, 0.2) is 18.2 Å². The lowest BCUT2D eigenvalue weighted by atomic mass is 10.2. The van der Waals surface area contributed by atoms with Gasteiger partial charge in [0.2, 0.25) is 0 Å². The molecule has 1 aliphatic rings. The fourth-order valence-electron chi connectivity index (χ4n) is 2.20. The first-order chi connectivity index (χ1) is 8.18. The van der Waals surface area contributed by atoms with Gasteiger partial charge in [0.05, 0.1) is 10.6 Å². The van der Waals surface area contributed by atoms with E-state index in [0.717, 1.165) is 18.8 Å². The molecule has 0 unspecified atom stereocenters. The minimum absolute atomic E-state index is 0.172. The lowest BCUT2D eigenvalue weighted by molar-refractivity contribution is 0.0697. The van der Waals surface area contributed by atoms with Crippen molar-refractivity contribution in [3.8, 4) is 0 Å². The molecule has 3 nitrogen and oxygen atoms in total. The first-order valence-electron chi connectivity index (χ1n) is 5.96. The third-order valence-corrected chi connectivity index (χ3v) is 3.47. The largest absolute Gasteiger partial charge is 0.478 e. The van der Waals surface area contributed by atoms with E-state index >= 15 is 0 Å². The van der Waals surface area contributed by atoms with Crippen molar-refractivity contribution in [3.63, 3.8) is 0 Å². The summed E-state index contributed by atoms with van der Waals surface area (Å²) in [6, 6.07) is 5.20. The van der Waals surface area contributed by atoms with E-state index in [2.05, 4.69) is 4.90 Å². The Bertz CT molecular complexity index is 412. The zero-order valence-corrected chi connectivity index (χ0v) is 10.4. The van der Waals surface area contributed by atoms with Crippen LogP contribution in [0.1, 0.15) is 36.0 Å². The van der Waals surface area contributed by atoms with Crippen molar-refractivity contribution in [3.05, 3.63) is 28.8 Å². The van der Waals surface area contributed by atoms with E-state index in [1.54, 1.807) is 12.1 Å². The molecule has 0 bridgehead atoms. The summed E-state index contributed by atoms with van der Waals surface area (Å²) >= 11 is 5.98. The second-order valence-electron chi connectivity index (χ2n) is 4.37. The predicted octanol–water partition coefficient (Wildman–Crippen LogP) is 3.42. The van der Waals surface area contributed by atoms with E-state index in [9.17, 15) is 4.79 Å². The molecule has 0 radical (unpaired) electrons. The summed E-state index contributed by atoms with van der Waals surface area (Å²) in [5.41, 5.74) is 1.20. The normalized spacial score (nSPS) is 16.6. The molecule has 0 aliphatic carbocycles. The van der Waals surface area contributed by atoms with Gasteiger partial charge in [0, 0.05) is 18.8 Å². The topological polar surface area (TPSA) is 40.5 Å². The molecular weight excluding hydrogens is 238 g/mol. The third-order valence-electron chi connectivity index (χ3n) is 3.15. The molecule has 92 valence electrons. The Hall–Kier alpha value is -1.22. The van der Waals surface area contributed by atoms with Crippen LogP contribution in [0.2, 0.25) is 5.02 Å². The SMILES string of the molecule is O=C(O)c1ccc(N2CCCCCC2)cc1Cl. The lowest BCUT2D eigenvalue weighted by Crippen LogP contribution is -2.23. The number of rotatable bonds is 2. The Balaban J connectivity index is 2.21. The summed E-state index contributed by atoms with van der Waals surface area (Å²) in [7, 11) is 0. The van der Waals surface area contributed by atoms with Crippen LogP contribution in [-0.2, 0) is 0 Å². The Labute approximate surface area is 106 Å². The summed E-state index contributed by atoms with van der Waals surface area (Å²) in [6.45, 7) is 2.06. The second-order valence-corrected chi connectivity index (χ2v) is 4.78. The molecule has 1 N–H and O–H groups in total. The van der Waals surface area contributed by atoms with Crippen LogP contribution < -0.4 is 4.90 Å². The van der Waals surface area contributed by atoms with E-state index in [4.69, 9.17) is 16.7 Å². The number of anilines is 1. The quantitative estimate of drug-likeness (QED) is 0.878. The van der Waals surface area contributed by atoms with Crippen LogP contribution in [0.3, 0.4) is 0 Å². The van der Waals surface area contributed by atoms with Crippen LogP contribution in [0.5, 0.6) is 0 Å². The number of hydrogen-bond donors (Lipinski definition) is 1. The number of hydrogen-bond acceptors (Lipinski definition) is 2. The number of carboxylic acid groups (broad SMARTS) is 1. The van der Waals surface area contributed by atoms with Crippen molar-refractivity contribution in [1.82, 2.24) is 0 Å². The van der Waals surface area contributed by atoms with Gasteiger partial charge in [-0.2, -0.15) is 0 Å². The van der Waals surface area contributed by atoms with Gasteiger partial charge in [-0.1, -0.05) is 24.4 Å². The maximum Gasteiger partial charge on any atom is 0.337 e. The molecule has 1 aliphatic heterocycles. The Morgan fingerprint density at radius 1 is 1.18 bits per heavy atom. The average Bonchev–Trinajstić information content (AvgIpc) is 2.56. The van der Waals surface area contributed by atoms with Crippen molar-refractivity contribution in [2.75, 3.05) is 18.0 Å². The summed E-state index contributed by atoms with van der Waals surface area (Å²) in [5.74, 6) is -0.975. The fraction of sp³-hybridized carbons (Fsp3) is 0.462. The third kappa shape index (κ3) is 2.91. The van der Waals surface area contributed by atoms with E-state index < -0.39 is 5.97 Å². The van der Waals surface area contributed by atoms with Crippen LogP contribution >= 0.6 is 11.6 Å². The highest BCUT2D eigenvalue weighted by Crippen LogP contribution is 2.25.